The number of aromatic nitrogens is 3. The third kappa shape index (κ3) is 3.76. The standard InChI is InChI=1S/C20H26N4O/c1-14-11-15(2)20-18(12-14)17(16(3)22-20)13-19(25)23(4)8-6-10-24-9-5-7-21-24/h5,7,9,11-12,22H,6,8,10,13H2,1-4H3. The molecule has 0 atom stereocenters. The topological polar surface area (TPSA) is 53.9 Å². The lowest BCUT2D eigenvalue weighted by Crippen LogP contribution is -2.30. The molecule has 132 valence electrons. The fraction of sp³-hybridized carbons (Fsp3) is 0.400. The van der Waals surface area contributed by atoms with Crippen LogP contribution in [0, 0.1) is 20.8 Å². The summed E-state index contributed by atoms with van der Waals surface area (Å²) < 4.78 is 1.90. The second-order valence-electron chi connectivity index (χ2n) is 6.85. The highest BCUT2D eigenvalue weighted by Crippen LogP contribution is 2.27. The highest BCUT2D eigenvalue weighted by molar-refractivity contribution is 5.92. The van der Waals surface area contributed by atoms with E-state index >= 15 is 0 Å². The van der Waals surface area contributed by atoms with E-state index in [4.69, 9.17) is 0 Å². The number of aryl methyl sites for hydroxylation is 4. The van der Waals surface area contributed by atoms with Crippen molar-refractivity contribution in [3.63, 3.8) is 0 Å². The molecule has 0 unspecified atom stereocenters. The molecule has 5 nitrogen and oxygen atoms in total. The van der Waals surface area contributed by atoms with E-state index in [0.717, 1.165) is 36.3 Å². The Hall–Kier alpha value is -2.56. The molecule has 0 spiro atoms. The van der Waals surface area contributed by atoms with E-state index < -0.39 is 0 Å². The Bertz CT molecular complexity index is 877. The maximum Gasteiger partial charge on any atom is 0.226 e. The molecule has 3 aromatic rings. The SMILES string of the molecule is Cc1cc(C)c2[nH]c(C)c(CC(=O)N(C)CCCn3cccn3)c2c1. The van der Waals surface area contributed by atoms with Crippen LogP contribution in [0.3, 0.4) is 0 Å². The molecule has 0 aliphatic carbocycles. The second kappa shape index (κ2) is 7.13. The van der Waals surface area contributed by atoms with E-state index in [1.807, 2.05) is 28.9 Å². The van der Waals surface area contributed by atoms with Gasteiger partial charge in [0, 0.05) is 49.1 Å². The summed E-state index contributed by atoms with van der Waals surface area (Å²) in [6.45, 7) is 7.82. The predicted octanol–water partition coefficient (Wildman–Crippen LogP) is 3.38. The van der Waals surface area contributed by atoms with Crippen LogP contribution in [0.2, 0.25) is 0 Å². The van der Waals surface area contributed by atoms with E-state index in [0.29, 0.717) is 6.42 Å². The zero-order valence-electron chi connectivity index (χ0n) is 15.5. The van der Waals surface area contributed by atoms with Gasteiger partial charge in [-0.05, 0) is 50.5 Å². The Labute approximate surface area is 148 Å². The zero-order valence-corrected chi connectivity index (χ0v) is 15.5. The minimum atomic E-state index is 0.156. The first kappa shape index (κ1) is 17.3. The number of benzene rings is 1. The average Bonchev–Trinajstić information content (AvgIpc) is 3.17. The molecule has 0 aliphatic rings. The van der Waals surface area contributed by atoms with Crippen LogP contribution >= 0.6 is 0 Å². The number of amides is 1. The number of carbonyl (C=O) groups excluding carboxylic acids is 1. The number of rotatable bonds is 6. The van der Waals surface area contributed by atoms with Gasteiger partial charge >= 0.3 is 0 Å². The van der Waals surface area contributed by atoms with Crippen LogP contribution in [0.5, 0.6) is 0 Å². The highest BCUT2D eigenvalue weighted by atomic mass is 16.2. The number of nitrogens with one attached hydrogen (secondary N) is 1. The van der Waals surface area contributed by atoms with Crippen LogP contribution in [-0.2, 0) is 17.8 Å². The molecule has 2 heterocycles. The van der Waals surface area contributed by atoms with E-state index in [-0.39, 0.29) is 5.91 Å². The summed E-state index contributed by atoms with van der Waals surface area (Å²) >= 11 is 0. The van der Waals surface area contributed by atoms with E-state index in [9.17, 15) is 4.79 Å². The molecule has 1 N–H and O–H groups in total. The summed E-state index contributed by atoms with van der Waals surface area (Å²) in [6, 6.07) is 6.26. The quantitative estimate of drug-likeness (QED) is 0.749. The smallest absolute Gasteiger partial charge is 0.226 e. The number of fused-ring (bicyclic) bond motifs is 1. The van der Waals surface area contributed by atoms with Crippen molar-refractivity contribution in [2.75, 3.05) is 13.6 Å². The molecular weight excluding hydrogens is 312 g/mol. The predicted molar refractivity (Wildman–Crippen MR) is 101 cm³/mol. The number of hydrogen-bond acceptors (Lipinski definition) is 2. The third-order valence-corrected chi connectivity index (χ3v) is 4.76. The number of carbonyl (C=O) groups is 1. The molecule has 0 aliphatic heterocycles. The molecule has 0 saturated heterocycles. The fourth-order valence-corrected chi connectivity index (χ4v) is 3.38. The van der Waals surface area contributed by atoms with Crippen molar-refractivity contribution in [2.45, 2.75) is 40.2 Å². The summed E-state index contributed by atoms with van der Waals surface area (Å²) in [5.74, 6) is 0.156. The number of aromatic amines is 1. The lowest BCUT2D eigenvalue weighted by molar-refractivity contribution is -0.129. The zero-order chi connectivity index (χ0) is 18.0. The molecule has 0 fully saturated rings. The monoisotopic (exact) mass is 338 g/mol. The maximum absolute atomic E-state index is 12.7. The van der Waals surface area contributed by atoms with Crippen molar-refractivity contribution in [3.05, 3.63) is 53.0 Å². The lowest BCUT2D eigenvalue weighted by atomic mass is 10.0. The van der Waals surface area contributed by atoms with Gasteiger partial charge in [0.2, 0.25) is 5.91 Å². The number of likely N-dealkylation sites (N-methyl/N-ethyl adjacent to an activating group) is 1. The minimum Gasteiger partial charge on any atom is -0.358 e. The maximum atomic E-state index is 12.7. The van der Waals surface area contributed by atoms with Crippen molar-refractivity contribution in [1.82, 2.24) is 19.7 Å². The van der Waals surface area contributed by atoms with Crippen molar-refractivity contribution in [1.29, 1.82) is 0 Å². The lowest BCUT2D eigenvalue weighted by Gasteiger charge is -2.17. The summed E-state index contributed by atoms with van der Waals surface area (Å²) in [4.78, 5) is 17.9. The molecule has 5 heteroatoms. The van der Waals surface area contributed by atoms with Crippen molar-refractivity contribution < 1.29 is 4.79 Å². The largest absolute Gasteiger partial charge is 0.358 e. The van der Waals surface area contributed by atoms with Gasteiger partial charge in [-0.3, -0.25) is 9.48 Å². The summed E-state index contributed by atoms with van der Waals surface area (Å²) in [5.41, 5.74) is 5.80. The first-order chi connectivity index (χ1) is 12.0. The molecule has 1 aromatic carbocycles. The van der Waals surface area contributed by atoms with Gasteiger partial charge in [0.15, 0.2) is 0 Å². The van der Waals surface area contributed by atoms with Gasteiger partial charge in [-0.15, -0.1) is 0 Å². The molecule has 0 saturated carbocycles. The van der Waals surface area contributed by atoms with Crippen LogP contribution in [0.15, 0.2) is 30.6 Å². The van der Waals surface area contributed by atoms with E-state index in [2.05, 4.69) is 43.0 Å². The minimum absolute atomic E-state index is 0.156. The Morgan fingerprint density at radius 1 is 1.28 bits per heavy atom. The Balaban J connectivity index is 1.68. The number of H-pyrrole nitrogens is 1. The van der Waals surface area contributed by atoms with Crippen LogP contribution in [0.4, 0.5) is 0 Å². The molecular formula is C20H26N4O. The summed E-state index contributed by atoms with van der Waals surface area (Å²) in [7, 11) is 1.88. The van der Waals surface area contributed by atoms with Crippen molar-refractivity contribution in [2.24, 2.45) is 0 Å². The van der Waals surface area contributed by atoms with Gasteiger partial charge in [-0.25, -0.2) is 0 Å². The highest BCUT2D eigenvalue weighted by Gasteiger charge is 2.16. The molecule has 1 amide bonds. The van der Waals surface area contributed by atoms with Crippen LogP contribution in [-0.4, -0.2) is 39.2 Å². The molecule has 0 radical (unpaired) electrons. The number of hydrogen-bond donors (Lipinski definition) is 1. The molecule has 3 rings (SSSR count). The normalized spacial score (nSPS) is 11.2. The fourth-order valence-electron chi connectivity index (χ4n) is 3.38. The van der Waals surface area contributed by atoms with Gasteiger partial charge in [0.1, 0.15) is 0 Å². The molecule has 2 aromatic heterocycles. The van der Waals surface area contributed by atoms with Crippen molar-refractivity contribution in [3.8, 4) is 0 Å². The second-order valence-corrected chi connectivity index (χ2v) is 6.85. The van der Waals surface area contributed by atoms with Gasteiger partial charge in [0.25, 0.3) is 0 Å². The van der Waals surface area contributed by atoms with Crippen LogP contribution < -0.4 is 0 Å². The van der Waals surface area contributed by atoms with Gasteiger partial charge in [-0.2, -0.15) is 5.10 Å². The van der Waals surface area contributed by atoms with Gasteiger partial charge in [-0.1, -0.05) is 11.6 Å². The van der Waals surface area contributed by atoms with E-state index in [1.165, 1.54) is 16.5 Å². The first-order valence-corrected chi connectivity index (χ1v) is 8.75. The van der Waals surface area contributed by atoms with Crippen molar-refractivity contribution >= 4 is 16.8 Å². The summed E-state index contributed by atoms with van der Waals surface area (Å²) in [5, 5.41) is 5.36. The Morgan fingerprint density at radius 3 is 2.80 bits per heavy atom. The van der Waals surface area contributed by atoms with Crippen LogP contribution in [0.25, 0.3) is 10.9 Å². The van der Waals surface area contributed by atoms with E-state index in [1.54, 1.807) is 6.20 Å². The Kier molecular flexibility index (Phi) is 4.93. The average molecular weight is 338 g/mol. The van der Waals surface area contributed by atoms with Gasteiger partial charge < -0.3 is 9.88 Å². The third-order valence-electron chi connectivity index (χ3n) is 4.76. The Morgan fingerprint density at radius 2 is 2.08 bits per heavy atom. The van der Waals surface area contributed by atoms with Crippen LogP contribution in [0.1, 0.15) is 28.8 Å². The first-order valence-electron chi connectivity index (χ1n) is 8.75. The number of nitrogens with zero attached hydrogens (tertiary/aromatic N) is 3. The summed E-state index contributed by atoms with van der Waals surface area (Å²) in [6.07, 6.45) is 5.06. The molecule has 25 heavy (non-hydrogen) atoms. The van der Waals surface area contributed by atoms with Gasteiger partial charge in [0.05, 0.1) is 6.42 Å². The molecule has 0 bridgehead atoms.